The number of aromatic amines is 1. The molecule has 0 aliphatic heterocycles. The van der Waals surface area contributed by atoms with Crippen LogP contribution in [0, 0.1) is 0 Å². The minimum absolute atomic E-state index is 0.445. The molecule has 0 atom stereocenters. The number of hydrogen-bond donors (Lipinski definition) is 3. The zero-order valence-electron chi connectivity index (χ0n) is 14.1. The molecule has 5 nitrogen and oxygen atoms in total. The Kier molecular flexibility index (Phi) is 4.11. The first kappa shape index (κ1) is 15.9. The van der Waals surface area contributed by atoms with Gasteiger partial charge in [0.05, 0.1) is 11.2 Å². The number of nitrogens with two attached hydrogens (primary N) is 1. The van der Waals surface area contributed by atoms with Crippen molar-refractivity contribution in [3.63, 3.8) is 0 Å². The van der Waals surface area contributed by atoms with E-state index in [-0.39, 0.29) is 0 Å². The summed E-state index contributed by atoms with van der Waals surface area (Å²) in [6, 6.07) is 23.6. The average Bonchev–Trinajstić information content (AvgIpc) is 3.10. The summed E-state index contributed by atoms with van der Waals surface area (Å²) in [6.45, 7) is 0.715. The summed E-state index contributed by atoms with van der Waals surface area (Å²) in [5, 5.41) is 11.7. The number of fused-ring (bicyclic) bond motifs is 1. The van der Waals surface area contributed by atoms with Crippen molar-refractivity contribution >= 4 is 22.5 Å². The van der Waals surface area contributed by atoms with Crippen LogP contribution in [0.3, 0.4) is 0 Å². The van der Waals surface area contributed by atoms with Crippen molar-refractivity contribution in [3.05, 3.63) is 83.9 Å². The molecule has 26 heavy (non-hydrogen) atoms. The van der Waals surface area contributed by atoms with E-state index >= 15 is 0 Å². The number of hydrogen-bond acceptors (Lipinski definition) is 3. The Hall–Kier alpha value is -3.60. The Morgan fingerprint density at radius 1 is 1.00 bits per heavy atom. The third kappa shape index (κ3) is 3.15. The van der Waals surface area contributed by atoms with Gasteiger partial charge in [-0.05, 0) is 42.0 Å². The first-order valence-electron chi connectivity index (χ1n) is 8.37. The number of amides is 1. The number of carbonyl (C=O) groups excluding carboxylic acids is 1. The lowest BCUT2D eigenvalue weighted by molar-refractivity contribution is 0.100. The summed E-state index contributed by atoms with van der Waals surface area (Å²) >= 11 is 0. The molecule has 4 aromatic rings. The number of carbonyl (C=O) groups is 1. The van der Waals surface area contributed by atoms with E-state index in [9.17, 15) is 4.79 Å². The van der Waals surface area contributed by atoms with Crippen LogP contribution in [0.5, 0.6) is 0 Å². The van der Waals surface area contributed by atoms with Gasteiger partial charge in [0.15, 0.2) is 0 Å². The first-order valence-corrected chi connectivity index (χ1v) is 8.37. The molecule has 1 amide bonds. The van der Waals surface area contributed by atoms with Gasteiger partial charge < -0.3 is 11.1 Å². The third-order valence-corrected chi connectivity index (χ3v) is 4.32. The molecule has 0 spiro atoms. The summed E-state index contributed by atoms with van der Waals surface area (Å²) in [5.41, 5.74) is 10.8. The number of nitrogens with one attached hydrogen (secondary N) is 2. The molecule has 1 aromatic heterocycles. The van der Waals surface area contributed by atoms with Gasteiger partial charge in [0, 0.05) is 28.7 Å². The second kappa shape index (κ2) is 6.72. The Morgan fingerprint density at radius 2 is 1.85 bits per heavy atom. The normalized spacial score (nSPS) is 10.8. The summed E-state index contributed by atoms with van der Waals surface area (Å²) in [7, 11) is 0. The molecule has 0 unspecified atom stereocenters. The summed E-state index contributed by atoms with van der Waals surface area (Å²) in [6.07, 6.45) is 0. The van der Waals surface area contributed by atoms with Gasteiger partial charge in [-0.3, -0.25) is 9.89 Å². The number of rotatable bonds is 5. The third-order valence-electron chi connectivity index (χ3n) is 4.32. The van der Waals surface area contributed by atoms with Crippen LogP contribution in [-0.4, -0.2) is 16.1 Å². The van der Waals surface area contributed by atoms with E-state index in [0.717, 1.165) is 33.4 Å². The lowest BCUT2D eigenvalue weighted by Gasteiger charge is -2.08. The summed E-state index contributed by atoms with van der Waals surface area (Å²) in [5.74, 6) is -0.445. The molecule has 0 saturated heterocycles. The molecule has 0 radical (unpaired) electrons. The number of para-hydroxylation sites is 1. The fourth-order valence-corrected chi connectivity index (χ4v) is 2.98. The van der Waals surface area contributed by atoms with Crippen LogP contribution in [0.4, 0.5) is 5.69 Å². The standard InChI is InChI=1S/C21H18N4O/c22-21(26)16-9-10-19-18(12-16)20(25-24-19)15-6-4-5-14(11-15)13-23-17-7-2-1-3-8-17/h1-12,23H,13H2,(H2,22,26)(H,24,25). The molecule has 1 heterocycles. The van der Waals surface area contributed by atoms with Crippen LogP contribution in [0.2, 0.25) is 0 Å². The summed E-state index contributed by atoms with van der Waals surface area (Å²) in [4.78, 5) is 11.5. The predicted octanol–water partition coefficient (Wildman–Crippen LogP) is 3.94. The van der Waals surface area contributed by atoms with Gasteiger partial charge in [0.2, 0.25) is 5.91 Å². The Morgan fingerprint density at radius 3 is 2.65 bits per heavy atom. The number of anilines is 1. The van der Waals surface area contributed by atoms with Crippen LogP contribution >= 0.6 is 0 Å². The van der Waals surface area contributed by atoms with Gasteiger partial charge >= 0.3 is 0 Å². The van der Waals surface area contributed by atoms with Crippen molar-refractivity contribution in [2.75, 3.05) is 5.32 Å². The second-order valence-electron chi connectivity index (χ2n) is 6.12. The van der Waals surface area contributed by atoms with Crippen molar-refractivity contribution in [3.8, 4) is 11.3 Å². The predicted molar refractivity (Wildman–Crippen MR) is 104 cm³/mol. The monoisotopic (exact) mass is 342 g/mol. The highest BCUT2D eigenvalue weighted by molar-refractivity contribution is 6.00. The van der Waals surface area contributed by atoms with Crippen molar-refractivity contribution in [1.82, 2.24) is 10.2 Å². The zero-order valence-corrected chi connectivity index (χ0v) is 14.1. The van der Waals surface area contributed by atoms with E-state index in [1.54, 1.807) is 12.1 Å². The molecule has 0 aliphatic rings. The molecule has 0 aliphatic carbocycles. The average molecular weight is 342 g/mol. The molecule has 5 heteroatoms. The molecular weight excluding hydrogens is 324 g/mol. The first-order chi connectivity index (χ1) is 12.7. The van der Waals surface area contributed by atoms with Crippen molar-refractivity contribution in [1.29, 1.82) is 0 Å². The number of aromatic nitrogens is 2. The lowest BCUT2D eigenvalue weighted by atomic mass is 10.0. The maximum absolute atomic E-state index is 11.5. The van der Waals surface area contributed by atoms with Crippen LogP contribution in [0.15, 0.2) is 72.8 Å². The quantitative estimate of drug-likeness (QED) is 0.513. The van der Waals surface area contributed by atoms with Gasteiger partial charge in [0.25, 0.3) is 0 Å². The van der Waals surface area contributed by atoms with Crippen LogP contribution in [0.1, 0.15) is 15.9 Å². The smallest absolute Gasteiger partial charge is 0.248 e. The van der Waals surface area contributed by atoms with Crippen LogP contribution in [-0.2, 0) is 6.54 Å². The van der Waals surface area contributed by atoms with E-state index in [1.807, 2.05) is 48.5 Å². The fourth-order valence-electron chi connectivity index (χ4n) is 2.98. The number of H-pyrrole nitrogens is 1. The van der Waals surface area contributed by atoms with E-state index < -0.39 is 5.91 Å². The second-order valence-corrected chi connectivity index (χ2v) is 6.12. The highest BCUT2D eigenvalue weighted by Crippen LogP contribution is 2.28. The minimum atomic E-state index is -0.445. The highest BCUT2D eigenvalue weighted by atomic mass is 16.1. The van der Waals surface area contributed by atoms with Gasteiger partial charge in [-0.1, -0.05) is 36.4 Å². The zero-order chi connectivity index (χ0) is 17.9. The molecule has 4 rings (SSSR count). The Balaban J connectivity index is 1.65. The molecular formula is C21H18N4O. The fraction of sp³-hybridized carbons (Fsp3) is 0.0476. The molecule has 3 aromatic carbocycles. The van der Waals surface area contributed by atoms with Crippen molar-refractivity contribution in [2.24, 2.45) is 5.73 Å². The minimum Gasteiger partial charge on any atom is -0.381 e. The summed E-state index contributed by atoms with van der Waals surface area (Å²) < 4.78 is 0. The van der Waals surface area contributed by atoms with Crippen LogP contribution in [0.25, 0.3) is 22.2 Å². The maximum atomic E-state index is 11.5. The van der Waals surface area contributed by atoms with Crippen molar-refractivity contribution < 1.29 is 4.79 Å². The number of nitrogens with zero attached hydrogens (tertiary/aromatic N) is 1. The topological polar surface area (TPSA) is 83.8 Å². The molecule has 128 valence electrons. The van der Waals surface area contributed by atoms with E-state index in [1.165, 1.54) is 0 Å². The highest BCUT2D eigenvalue weighted by Gasteiger charge is 2.11. The van der Waals surface area contributed by atoms with Gasteiger partial charge in [-0.15, -0.1) is 0 Å². The van der Waals surface area contributed by atoms with Crippen molar-refractivity contribution in [2.45, 2.75) is 6.54 Å². The van der Waals surface area contributed by atoms with Gasteiger partial charge in [-0.2, -0.15) is 5.10 Å². The Bertz CT molecular complexity index is 1070. The van der Waals surface area contributed by atoms with E-state index in [0.29, 0.717) is 12.1 Å². The lowest BCUT2D eigenvalue weighted by Crippen LogP contribution is -2.10. The van der Waals surface area contributed by atoms with Gasteiger partial charge in [0.1, 0.15) is 0 Å². The molecule has 0 bridgehead atoms. The van der Waals surface area contributed by atoms with E-state index in [2.05, 4.69) is 27.6 Å². The van der Waals surface area contributed by atoms with Gasteiger partial charge in [-0.25, -0.2) is 0 Å². The van der Waals surface area contributed by atoms with E-state index in [4.69, 9.17) is 5.73 Å². The SMILES string of the molecule is NC(=O)c1ccc2[nH]nc(-c3cccc(CNc4ccccc4)c3)c2c1. The maximum Gasteiger partial charge on any atom is 0.248 e. The van der Waals surface area contributed by atoms with Crippen LogP contribution < -0.4 is 11.1 Å². The largest absolute Gasteiger partial charge is 0.381 e. The molecule has 0 saturated carbocycles. The number of benzene rings is 3. The molecule has 0 fully saturated rings. The Labute approximate surface area is 150 Å². The molecule has 4 N–H and O–H groups in total. The number of primary amides is 1.